The lowest BCUT2D eigenvalue weighted by Gasteiger charge is -2.34. The highest BCUT2D eigenvalue weighted by Crippen LogP contribution is 2.35. The van der Waals surface area contributed by atoms with Crippen LogP contribution in [0.4, 0.5) is 18.9 Å². The first kappa shape index (κ1) is 29.3. The minimum absolute atomic E-state index is 0.0974. The molecule has 1 aliphatic rings. The molecular formula is C32H34F3N5O2. The minimum atomic E-state index is -4.54. The van der Waals surface area contributed by atoms with Gasteiger partial charge in [0.2, 0.25) is 0 Å². The van der Waals surface area contributed by atoms with Gasteiger partial charge in [-0.1, -0.05) is 25.1 Å². The summed E-state index contributed by atoms with van der Waals surface area (Å²) < 4.78 is 47.7. The number of nitrogens with zero attached hydrogens (tertiary/aromatic N) is 3. The smallest absolute Gasteiger partial charge is 0.416 e. The molecule has 0 bridgehead atoms. The summed E-state index contributed by atoms with van der Waals surface area (Å²) >= 11 is 0. The molecule has 0 atom stereocenters. The number of alkyl halides is 3. The lowest BCUT2D eigenvalue weighted by atomic mass is 10.0. The monoisotopic (exact) mass is 577 g/mol. The number of methoxy groups -OCH3 is 1. The standard InChI is InChI=1S/C32H34F3N5O2/c1-4-39-13-15-40(16-14-39)20-25-9-10-26(18-28(25)32(33,34)35)38-31(41)23-6-5-21(2)22(17-23)7-8-24-19-37-30-27(11-12-36-30)29(24)42-3/h5-12,17-19H,4,13-16,20H2,1-3H3,(H,36,37)(H,38,41). The second-order valence-corrected chi connectivity index (χ2v) is 10.4. The number of fused-ring (bicyclic) bond motifs is 1. The number of aryl methyl sites for hydroxylation is 1. The molecule has 1 amide bonds. The predicted octanol–water partition coefficient (Wildman–Crippen LogP) is 6.46. The number of carbonyl (C=O) groups is 1. The number of rotatable bonds is 8. The van der Waals surface area contributed by atoms with Gasteiger partial charge in [-0.3, -0.25) is 9.69 Å². The Morgan fingerprint density at radius 3 is 2.50 bits per heavy atom. The van der Waals surface area contributed by atoms with Crippen LogP contribution in [0, 0.1) is 6.92 Å². The summed E-state index contributed by atoms with van der Waals surface area (Å²) in [5, 5.41) is 3.51. The third-order valence-corrected chi connectivity index (χ3v) is 7.73. The average molecular weight is 578 g/mol. The Bertz CT molecular complexity index is 1600. The van der Waals surface area contributed by atoms with Crippen LogP contribution in [-0.4, -0.2) is 65.5 Å². The predicted molar refractivity (Wildman–Crippen MR) is 160 cm³/mol. The largest absolute Gasteiger partial charge is 0.495 e. The Kier molecular flexibility index (Phi) is 8.65. The number of hydrogen-bond donors (Lipinski definition) is 2. The Balaban J connectivity index is 1.33. The molecule has 1 aliphatic heterocycles. The third-order valence-electron chi connectivity index (χ3n) is 7.73. The zero-order valence-corrected chi connectivity index (χ0v) is 23.9. The third kappa shape index (κ3) is 6.50. The van der Waals surface area contributed by atoms with Crippen molar-refractivity contribution in [3.8, 4) is 5.75 Å². The van der Waals surface area contributed by atoms with Gasteiger partial charge in [-0.25, -0.2) is 4.98 Å². The van der Waals surface area contributed by atoms with Gasteiger partial charge in [-0.05, 0) is 66.6 Å². The van der Waals surface area contributed by atoms with Gasteiger partial charge in [-0.2, -0.15) is 13.2 Å². The molecule has 2 aromatic carbocycles. The molecule has 0 unspecified atom stereocenters. The van der Waals surface area contributed by atoms with E-state index in [4.69, 9.17) is 4.74 Å². The highest BCUT2D eigenvalue weighted by atomic mass is 19.4. The molecular weight excluding hydrogens is 543 g/mol. The van der Waals surface area contributed by atoms with Crippen molar-refractivity contribution in [2.45, 2.75) is 26.6 Å². The van der Waals surface area contributed by atoms with Crippen LogP contribution >= 0.6 is 0 Å². The molecule has 2 aromatic heterocycles. The van der Waals surface area contributed by atoms with E-state index in [9.17, 15) is 18.0 Å². The zero-order chi connectivity index (χ0) is 29.9. The molecule has 10 heteroatoms. The number of aromatic nitrogens is 2. The molecule has 1 saturated heterocycles. The van der Waals surface area contributed by atoms with Crippen LogP contribution in [0.25, 0.3) is 23.2 Å². The fraction of sp³-hybridized carbons (Fsp3) is 0.312. The van der Waals surface area contributed by atoms with Gasteiger partial charge in [0, 0.05) is 61.9 Å². The molecule has 2 N–H and O–H groups in total. The van der Waals surface area contributed by atoms with Gasteiger partial charge in [0.15, 0.2) is 0 Å². The fourth-order valence-corrected chi connectivity index (χ4v) is 5.25. The van der Waals surface area contributed by atoms with Gasteiger partial charge in [-0.15, -0.1) is 0 Å². The molecule has 3 heterocycles. The van der Waals surface area contributed by atoms with Gasteiger partial charge >= 0.3 is 6.18 Å². The van der Waals surface area contributed by atoms with Gasteiger partial charge < -0.3 is 19.9 Å². The minimum Gasteiger partial charge on any atom is -0.495 e. The van der Waals surface area contributed by atoms with Crippen molar-refractivity contribution in [1.29, 1.82) is 0 Å². The lowest BCUT2D eigenvalue weighted by Crippen LogP contribution is -2.45. The summed E-state index contributed by atoms with van der Waals surface area (Å²) in [6, 6.07) is 11.1. The van der Waals surface area contributed by atoms with Crippen LogP contribution < -0.4 is 10.1 Å². The quantitative estimate of drug-likeness (QED) is 0.252. The Labute approximate surface area is 243 Å². The molecule has 0 saturated carbocycles. The Morgan fingerprint density at radius 1 is 1.05 bits per heavy atom. The maximum absolute atomic E-state index is 14.0. The van der Waals surface area contributed by atoms with Crippen molar-refractivity contribution >= 4 is 34.8 Å². The van der Waals surface area contributed by atoms with Crippen LogP contribution in [0.15, 0.2) is 54.9 Å². The number of aromatic amines is 1. The number of nitrogens with one attached hydrogen (secondary N) is 2. The van der Waals surface area contributed by atoms with Crippen molar-refractivity contribution in [1.82, 2.24) is 19.8 Å². The number of likely N-dealkylation sites (N-methyl/N-ethyl adjacent to an activating group) is 1. The lowest BCUT2D eigenvalue weighted by molar-refractivity contribution is -0.138. The molecule has 5 rings (SSSR count). The van der Waals surface area contributed by atoms with Crippen LogP contribution in [-0.2, 0) is 12.7 Å². The van der Waals surface area contributed by atoms with E-state index in [-0.39, 0.29) is 17.8 Å². The second kappa shape index (κ2) is 12.4. The normalized spacial score (nSPS) is 15.0. The van der Waals surface area contributed by atoms with Gasteiger partial charge in [0.1, 0.15) is 11.4 Å². The average Bonchev–Trinajstić information content (AvgIpc) is 3.46. The molecule has 1 fully saturated rings. The van der Waals surface area contributed by atoms with Crippen LogP contribution in [0.3, 0.4) is 0 Å². The summed E-state index contributed by atoms with van der Waals surface area (Å²) in [6.07, 6.45) is 2.68. The molecule has 4 aromatic rings. The highest BCUT2D eigenvalue weighted by molar-refractivity contribution is 6.05. The van der Waals surface area contributed by atoms with E-state index in [1.54, 1.807) is 31.6 Å². The number of benzene rings is 2. The molecule has 0 aliphatic carbocycles. The maximum atomic E-state index is 14.0. The molecule has 7 nitrogen and oxygen atoms in total. The van der Waals surface area contributed by atoms with Crippen molar-refractivity contribution < 1.29 is 22.7 Å². The van der Waals surface area contributed by atoms with Crippen LogP contribution in [0.1, 0.15) is 45.1 Å². The number of halogens is 3. The van der Waals surface area contributed by atoms with Crippen molar-refractivity contribution in [3.05, 3.63) is 88.2 Å². The number of H-pyrrole nitrogens is 1. The van der Waals surface area contributed by atoms with E-state index in [2.05, 4.69) is 27.1 Å². The second-order valence-electron chi connectivity index (χ2n) is 10.4. The van der Waals surface area contributed by atoms with E-state index >= 15 is 0 Å². The summed E-state index contributed by atoms with van der Waals surface area (Å²) in [6.45, 7) is 8.27. The SMILES string of the molecule is CCN1CCN(Cc2ccc(NC(=O)c3ccc(C)c(C=Cc4cnc5[nH]ccc5c4OC)c3)cc2C(F)(F)F)CC1. The summed E-state index contributed by atoms with van der Waals surface area (Å²) in [5.41, 5.74) is 3.11. The summed E-state index contributed by atoms with van der Waals surface area (Å²) in [4.78, 5) is 24.9. The van der Waals surface area contributed by atoms with Gasteiger partial charge in [0.05, 0.1) is 18.1 Å². The van der Waals surface area contributed by atoms with E-state index in [1.165, 1.54) is 12.1 Å². The Morgan fingerprint density at radius 2 is 1.79 bits per heavy atom. The fourth-order valence-electron chi connectivity index (χ4n) is 5.25. The molecule has 42 heavy (non-hydrogen) atoms. The van der Waals surface area contributed by atoms with Gasteiger partial charge in [0.25, 0.3) is 5.91 Å². The van der Waals surface area contributed by atoms with E-state index < -0.39 is 17.6 Å². The summed E-state index contributed by atoms with van der Waals surface area (Å²) in [5.74, 6) is 0.186. The van der Waals surface area contributed by atoms with Crippen LogP contribution in [0.2, 0.25) is 0 Å². The first-order valence-corrected chi connectivity index (χ1v) is 13.9. The van der Waals surface area contributed by atoms with Crippen molar-refractivity contribution in [3.63, 3.8) is 0 Å². The van der Waals surface area contributed by atoms with E-state index in [1.807, 2.05) is 36.1 Å². The summed E-state index contributed by atoms with van der Waals surface area (Å²) in [7, 11) is 1.60. The number of carbonyl (C=O) groups excluding carboxylic acids is 1. The number of anilines is 1. The topological polar surface area (TPSA) is 73.5 Å². The number of hydrogen-bond acceptors (Lipinski definition) is 5. The zero-order valence-electron chi connectivity index (χ0n) is 23.9. The number of pyridine rings is 1. The van der Waals surface area contributed by atoms with E-state index in [0.29, 0.717) is 11.3 Å². The first-order valence-electron chi connectivity index (χ1n) is 13.9. The van der Waals surface area contributed by atoms with Crippen LogP contribution in [0.5, 0.6) is 5.75 Å². The number of piperazine rings is 1. The van der Waals surface area contributed by atoms with E-state index in [0.717, 1.165) is 66.5 Å². The molecule has 0 radical (unpaired) electrons. The van der Waals surface area contributed by atoms with Crippen molar-refractivity contribution in [2.24, 2.45) is 0 Å². The number of ether oxygens (including phenoxy) is 1. The first-order chi connectivity index (χ1) is 20.2. The number of amides is 1. The maximum Gasteiger partial charge on any atom is 0.416 e. The highest BCUT2D eigenvalue weighted by Gasteiger charge is 2.34. The van der Waals surface area contributed by atoms with Crippen molar-refractivity contribution in [2.75, 3.05) is 45.2 Å². The Hall–Kier alpha value is -4.15. The molecule has 0 spiro atoms. The molecule has 220 valence electrons.